The van der Waals surface area contributed by atoms with E-state index in [4.69, 9.17) is 4.74 Å². The zero-order chi connectivity index (χ0) is 22.1. The van der Waals surface area contributed by atoms with Crippen molar-refractivity contribution in [3.63, 3.8) is 0 Å². The van der Waals surface area contributed by atoms with Crippen LogP contribution in [0.4, 0.5) is 4.39 Å². The van der Waals surface area contributed by atoms with Crippen LogP contribution >= 0.6 is 11.3 Å². The quantitative estimate of drug-likeness (QED) is 0.441. The number of fused-ring (bicyclic) bond motifs is 1. The van der Waals surface area contributed by atoms with Crippen molar-refractivity contribution in [2.75, 3.05) is 6.61 Å². The standard InChI is InChI=1S/C24H20FNO4S/c1-3-30-24(29)18-13-26(12-16-6-4-5-7-19(16)25)23-20(21(18)28)14(2)22(31-23)15-8-10-17(27)11-9-15/h4-11,13,27H,3,12H2,1-2H3. The summed E-state index contributed by atoms with van der Waals surface area (Å²) in [4.78, 5) is 27.2. The number of aromatic hydroxyl groups is 1. The van der Waals surface area contributed by atoms with Gasteiger partial charge in [0.2, 0.25) is 5.43 Å². The Bertz CT molecular complexity index is 1340. The molecule has 0 amide bonds. The Morgan fingerprint density at radius 1 is 1.16 bits per heavy atom. The van der Waals surface area contributed by atoms with Crippen molar-refractivity contribution in [1.82, 2.24) is 4.57 Å². The second-order valence-corrected chi connectivity index (χ2v) is 8.09. The lowest BCUT2D eigenvalue weighted by atomic mass is 10.1. The van der Waals surface area contributed by atoms with Crippen LogP contribution < -0.4 is 5.43 Å². The normalized spacial score (nSPS) is 11.1. The highest BCUT2D eigenvalue weighted by Crippen LogP contribution is 2.37. The number of carbonyl (C=O) groups is 1. The van der Waals surface area contributed by atoms with Gasteiger partial charge in [-0.2, -0.15) is 0 Å². The van der Waals surface area contributed by atoms with E-state index in [1.165, 1.54) is 23.6 Å². The number of phenolic OH excluding ortho intramolecular Hbond substituents is 1. The Labute approximate surface area is 182 Å². The average molecular weight is 437 g/mol. The van der Waals surface area contributed by atoms with Gasteiger partial charge in [-0.15, -0.1) is 11.3 Å². The SMILES string of the molecule is CCOC(=O)c1cn(Cc2ccccc2F)c2sc(-c3ccc(O)cc3)c(C)c2c1=O. The zero-order valence-corrected chi connectivity index (χ0v) is 17.8. The molecule has 0 aliphatic carbocycles. The summed E-state index contributed by atoms with van der Waals surface area (Å²) in [5, 5.41) is 10.0. The van der Waals surface area contributed by atoms with Crippen LogP contribution in [0.25, 0.3) is 20.7 Å². The number of rotatable bonds is 5. The number of aromatic nitrogens is 1. The van der Waals surface area contributed by atoms with E-state index in [9.17, 15) is 19.1 Å². The Balaban J connectivity index is 1.98. The maximum Gasteiger partial charge on any atom is 0.343 e. The van der Waals surface area contributed by atoms with Gasteiger partial charge in [0.25, 0.3) is 0 Å². The maximum atomic E-state index is 14.3. The second-order valence-electron chi connectivity index (χ2n) is 7.09. The number of hydrogen-bond donors (Lipinski definition) is 1. The number of ether oxygens (including phenoxy) is 1. The molecule has 2 aromatic heterocycles. The number of aryl methyl sites for hydroxylation is 1. The molecule has 4 rings (SSSR count). The number of carbonyl (C=O) groups excluding carboxylic acids is 1. The Morgan fingerprint density at radius 3 is 2.55 bits per heavy atom. The van der Waals surface area contributed by atoms with E-state index in [1.807, 2.05) is 6.92 Å². The Morgan fingerprint density at radius 2 is 1.87 bits per heavy atom. The van der Waals surface area contributed by atoms with E-state index in [1.54, 1.807) is 54.0 Å². The molecule has 2 aromatic carbocycles. The molecule has 1 N–H and O–H groups in total. The number of benzene rings is 2. The summed E-state index contributed by atoms with van der Waals surface area (Å²) < 4.78 is 21.1. The van der Waals surface area contributed by atoms with Crippen molar-refractivity contribution in [2.24, 2.45) is 0 Å². The summed E-state index contributed by atoms with van der Waals surface area (Å²) in [6.45, 7) is 3.80. The Kier molecular flexibility index (Phi) is 5.61. The summed E-state index contributed by atoms with van der Waals surface area (Å²) in [5.74, 6) is -0.918. The molecule has 2 heterocycles. The zero-order valence-electron chi connectivity index (χ0n) is 17.0. The molecule has 7 heteroatoms. The van der Waals surface area contributed by atoms with Gasteiger partial charge in [-0.25, -0.2) is 9.18 Å². The van der Waals surface area contributed by atoms with Crippen LogP contribution in [0.15, 0.2) is 59.5 Å². The van der Waals surface area contributed by atoms with Crippen molar-refractivity contribution < 1.29 is 19.0 Å². The van der Waals surface area contributed by atoms with Crippen LogP contribution in [-0.2, 0) is 11.3 Å². The van der Waals surface area contributed by atoms with E-state index < -0.39 is 11.4 Å². The molecular weight excluding hydrogens is 417 g/mol. The molecule has 0 radical (unpaired) electrons. The summed E-state index contributed by atoms with van der Waals surface area (Å²) in [7, 11) is 0. The van der Waals surface area contributed by atoms with Gasteiger partial charge in [0, 0.05) is 16.6 Å². The van der Waals surface area contributed by atoms with Crippen molar-refractivity contribution in [2.45, 2.75) is 20.4 Å². The highest BCUT2D eigenvalue weighted by atomic mass is 32.1. The molecule has 4 aromatic rings. The molecule has 31 heavy (non-hydrogen) atoms. The van der Waals surface area contributed by atoms with Crippen LogP contribution in [0, 0.1) is 12.7 Å². The monoisotopic (exact) mass is 437 g/mol. The lowest BCUT2D eigenvalue weighted by Gasteiger charge is -2.11. The predicted octanol–water partition coefficient (Wildman–Crippen LogP) is 5.11. The molecule has 0 unspecified atom stereocenters. The number of nitrogens with zero attached hydrogens (tertiary/aromatic N) is 1. The van der Waals surface area contributed by atoms with Crippen LogP contribution in [-0.4, -0.2) is 22.2 Å². The van der Waals surface area contributed by atoms with Gasteiger partial charge in [0.15, 0.2) is 0 Å². The first-order valence-electron chi connectivity index (χ1n) is 9.77. The largest absolute Gasteiger partial charge is 0.508 e. The first-order chi connectivity index (χ1) is 14.9. The summed E-state index contributed by atoms with van der Waals surface area (Å²) in [6, 6.07) is 13.1. The molecular formula is C24H20FNO4S. The van der Waals surface area contributed by atoms with E-state index in [2.05, 4.69) is 0 Å². The molecule has 5 nitrogen and oxygen atoms in total. The lowest BCUT2D eigenvalue weighted by molar-refractivity contribution is 0.0524. The van der Waals surface area contributed by atoms with Gasteiger partial charge < -0.3 is 14.4 Å². The fourth-order valence-electron chi connectivity index (χ4n) is 3.55. The molecule has 0 atom stereocenters. The van der Waals surface area contributed by atoms with Crippen LogP contribution in [0.3, 0.4) is 0 Å². The molecule has 158 valence electrons. The third kappa shape index (κ3) is 3.84. The topological polar surface area (TPSA) is 68.5 Å². The highest BCUT2D eigenvalue weighted by Gasteiger charge is 2.22. The number of pyridine rings is 1. The van der Waals surface area contributed by atoms with Gasteiger partial charge >= 0.3 is 5.97 Å². The number of hydrogen-bond acceptors (Lipinski definition) is 5. The number of thiophene rings is 1. The third-order valence-electron chi connectivity index (χ3n) is 5.07. The van der Waals surface area contributed by atoms with E-state index >= 15 is 0 Å². The van der Waals surface area contributed by atoms with Gasteiger partial charge in [0.05, 0.1) is 18.5 Å². The number of phenols is 1. The van der Waals surface area contributed by atoms with Crippen LogP contribution in [0.2, 0.25) is 0 Å². The maximum absolute atomic E-state index is 14.3. The summed E-state index contributed by atoms with van der Waals surface area (Å²) in [6.07, 6.45) is 1.45. The predicted molar refractivity (Wildman–Crippen MR) is 119 cm³/mol. The molecule has 0 bridgehead atoms. The molecule has 0 saturated carbocycles. The van der Waals surface area contributed by atoms with Crippen molar-refractivity contribution in [1.29, 1.82) is 0 Å². The summed E-state index contributed by atoms with van der Waals surface area (Å²) in [5.41, 5.74) is 1.52. The van der Waals surface area contributed by atoms with Gasteiger partial charge in [-0.05, 0) is 55.3 Å². The minimum absolute atomic E-state index is 0.0798. The third-order valence-corrected chi connectivity index (χ3v) is 6.45. The first kappa shape index (κ1) is 20.8. The Hall–Kier alpha value is -3.45. The molecule has 0 aliphatic heterocycles. The first-order valence-corrected chi connectivity index (χ1v) is 10.6. The van der Waals surface area contributed by atoms with Crippen LogP contribution in [0.5, 0.6) is 5.75 Å². The minimum atomic E-state index is -0.700. The van der Waals surface area contributed by atoms with Crippen molar-refractivity contribution in [3.8, 4) is 16.2 Å². The van der Waals surface area contributed by atoms with Gasteiger partial charge in [-0.1, -0.05) is 18.2 Å². The number of esters is 1. The van der Waals surface area contributed by atoms with E-state index in [0.717, 1.165) is 16.0 Å². The van der Waals surface area contributed by atoms with Gasteiger partial charge in [0.1, 0.15) is 22.0 Å². The summed E-state index contributed by atoms with van der Waals surface area (Å²) >= 11 is 1.39. The van der Waals surface area contributed by atoms with Crippen molar-refractivity contribution in [3.05, 3.63) is 87.5 Å². The van der Waals surface area contributed by atoms with Crippen molar-refractivity contribution >= 4 is 27.5 Å². The van der Waals surface area contributed by atoms with Crippen LogP contribution in [0.1, 0.15) is 28.4 Å². The fourth-order valence-corrected chi connectivity index (χ4v) is 4.83. The molecule has 0 aliphatic rings. The number of halogens is 1. The van der Waals surface area contributed by atoms with E-state index in [-0.39, 0.29) is 30.3 Å². The molecule has 0 fully saturated rings. The highest BCUT2D eigenvalue weighted by molar-refractivity contribution is 7.22. The van der Waals surface area contributed by atoms with Gasteiger partial charge in [-0.3, -0.25) is 4.79 Å². The fraction of sp³-hybridized carbons (Fsp3) is 0.167. The second kappa shape index (κ2) is 8.35. The minimum Gasteiger partial charge on any atom is -0.508 e. The lowest BCUT2D eigenvalue weighted by Crippen LogP contribution is -2.21. The molecule has 0 saturated heterocycles. The molecule has 0 spiro atoms. The smallest absolute Gasteiger partial charge is 0.343 e. The average Bonchev–Trinajstić information content (AvgIpc) is 3.10. The van der Waals surface area contributed by atoms with E-state index in [0.29, 0.717) is 15.8 Å².